The van der Waals surface area contributed by atoms with E-state index in [1.165, 1.54) is 30.0 Å². The average molecular weight is 499 g/mol. The highest BCUT2D eigenvalue weighted by atomic mass is 19.4. The van der Waals surface area contributed by atoms with Gasteiger partial charge in [0.2, 0.25) is 11.6 Å². The molecule has 3 heterocycles. The number of anilines is 1. The van der Waals surface area contributed by atoms with Crippen LogP contribution in [0.3, 0.4) is 0 Å². The third-order valence-electron chi connectivity index (χ3n) is 5.93. The molecule has 9 nitrogen and oxygen atoms in total. The van der Waals surface area contributed by atoms with Crippen molar-refractivity contribution in [3.63, 3.8) is 0 Å². The van der Waals surface area contributed by atoms with Crippen LogP contribution in [0.1, 0.15) is 11.4 Å². The molecule has 0 N–H and O–H groups in total. The van der Waals surface area contributed by atoms with Crippen molar-refractivity contribution in [2.75, 3.05) is 38.1 Å². The molecule has 2 aromatic carbocycles. The second-order valence-electron chi connectivity index (χ2n) is 8.60. The van der Waals surface area contributed by atoms with Gasteiger partial charge in [0.25, 0.3) is 5.89 Å². The van der Waals surface area contributed by atoms with Gasteiger partial charge >= 0.3 is 6.36 Å². The maximum absolute atomic E-state index is 12.4. The second kappa shape index (κ2) is 9.61. The van der Waals surface area contributed by atoms with E-state index in [-0.39, 0.29) is 23.3 Å². The molecule has 0 radical (unpaired) electrons. The van der Waals surface area contributed by atoms with Gasteiger partial charge in [0.05, 0.1) is 6.54 Å². The van der Waals surface area contributed by atoms with Crippen LogP contribution < -0.4 is 9.64 Å². The van der Waals surface area contributed by atoms with Crippen LogP contribution in [0.5, 0.6) is 5.75 Å². The Labute approximate surface area is 205 Å². The molecule has 2 aromatic heterocycles. The summed E-state index contributed by atoms with van der Waals surface area (Å²) in [7, 11) is 2.13. The van der Waals surface area contributed by atoms with Crippen molar-refractivity contribution in [3.8, 4) is 28.9 Å². The van der Waals surface area contributed by atoms with Crippen LogP contribution in [0.2, 0.25) is 0 Å². The number of nitrogens with zero attached hydrogens (tertiary/aromatic N) is 7. The summed E-state index contributed by atoms with van der Waals surface area (Å²) >= 11 is 0. The Balaban J connectivity index is 1.29. The Hall–Kier alpha value is -3.93. The molecule has 12 heteroatoms. The van der Waals surface area contributed by atoms with E-state index < -0.39 is 6.36 Å². The number of aromatic nitrogens is 5. The van der Waals surface area contributed by atoms with Gasteiger partial charge in [-0.25, -0.2) is 9.67 Å². The quantitative estimate of drug-likeness (QED) is 0.394. The number of halogens is 3. The van der Waals surface area contributed by atoms with Gasteiger partial charge in [0.1, 0.15) is 11.6 Å². The molecule has 1 saturated heterocycles. The number of piperazine rings is 1. The second-order valence-corrected chi connectivity index (χ2v) is 8.60. The van der Waals surface area contributed by atoms with E-state index >= 15 is 0 Å². The molecule has 0 amide bonds. The lowest BCUT2D eigenvalue weighted by atomic mass is 10.1. The number of alkyl halides is 3. The van der Waals surface area contributed by atoms with Gasteiger partial charge in [-0.2, -0.15) is 4.98 Å². The van der Waals surface area contributed by atoms with Gasteiger partial charge in [-0.3, -0.25) is 0 Å². The molecule has 5 rings (SSSR count). The number of hydrogen-bond acceptors (Lipinski definition) is 8. The first-order valence-electron chi connectivity index (χ1n) is 11.4. The fourth-order valence-electron chi connectivity index (χ4n) is 3.99. The minimum absolute atomic E-state index is 0.119. The molecule has 0 spiro atoms. The Kier molecular flexibility index (Phi) is 6.35. The number of benzene rings is 2. The molecular formula is C24H24F3N7O2. The minimum Gasteiger partial charge on any atom is -0.406 e. The lowest BCUT2D eigenvalue weighted by Crippen LogP contribution is -2.44. The molecule has 0 atom stereocenters. The van der Waals surface area contributed by atoms with Gasteiger partial charge in [-0.15, -0.1) is 18.3 Å². The predicted octanol–water partition coefficient (Wildman–Crippen LogP) is 4.00. The number of aryl methyl sites for hydroxylation is 1. The normalized spacial score (nSPS) is 14.9. The highest BCUT2D eigenvalue weighted by molar-refractivity contribution is 5.58. The molecule has 0 aliphatic carbocycles. The summed E-state index contributed by atoms with van der Waals surface area (Å²) in [6, 6.07) is 13.6. The Morgan fingerprint density at radius 2 is 1.72 bits per heavy atom. The van der Waals surface area contributed by atoms with Gasteiger partial charge in [0, 0.05) is 37.4 Å². The fraction of sp³-hybridized carbons (Fsp3) is 0.333. The molecular weight excluding hydrogens is 475 g/mol. The van der Waals surface area contributed by atoms with Crippen molar-refractivity contribution in [2.45, 2.75) is 19.8 Å². The number of ether oxygens (including phenoxy) is 1. The lowest BCUT2D eigenvalue weighted by molar-refractivity contribution is -0.274. The van der Waals surface area contributed by atoms with Gasteiger partial charge in [-0.1, -0.05) is 17.3 Å². The zero-order valence-corrected chi connectivity index (χ0v) is 19.7. The van der Waals surface area contributed by atoms with E-state index in [9.17, 15) is 13.2 Å². The van der Waals surface area contributed by atoms with Gasteiger partial charge < -0.3 is 19.1 Å². The number of likely N-dealkylation sites (N-methyl/N-ethyl adjacent to an activating group) is 1. The van der Waals surface area contributed by atoms with Crippen LogP contribution in [0, 0.1) is 6.92 Å². The molecule has 1 fully saturated rings. The Bertz CT molecular complexity index is 1330. The van der Waals surface area contributed by atoms with Crippen LogP contribution in [-0.4, -0.2) is 69.4 Å². The van der Waals surface area contributed by atoms with E-state index in [1.54, 1.807) is 4.68 Å². The molecule has 4 aromatic rings. The lowest BCUT2D eigenvalue weighted by Gasteiger charge is -2.34. The first-order chi connectivity index (χ1) is 17.2. The Morgan fingerprint density at radius 1 is 0.972 bits per heavy atom. The van der Waals surface area contributed by atoms with Crippen LogP contribution in [0.4, 0.5) is 18.9 Å². The molecule has 0 saturated carbocycles. The standard InChI is InChI=1S/C24H24F3N7O2/c1-16-28-22(23-29-21(31-36-23)18-6-8-20(9-7-18)35-24(25,26)27)30-34(16)15-17-4-3-5-19(14-17)33-12-10-32(2)11-13-33/h3-9,14H,10-13,15H2,1-2H3. The van der Waals surface area contributed by atoms with E-state index in [1.807, 2.05) is 13.0 Å². The SMILES string of the molecule is Cc1nc(-c2nc(-c3ccc(OC(F)(F)F)cc3)no2)nn1Cc1cccc(N2CCN(C)CC2)c1. The van der Waals surface area contributed by atoms with Crippen molar-refractivity contribution >= 4 is 5.69 Å². The first-order valence-corrected chi connectivity index (χ1v) is 11.4. The molecule has 36 heavy (non-hydrogen) atoms. The molecule has 1 aliphatic rings. The molecule has 1 aliphatic heterocycles. The third-order valence-corrected chi connectivity index (χ3v) is 5.93. The summed E-state index contributed by atoms with van der Waals surface area (Å²) < 4.78 is 48.1. The fourth-order valence-corrected chi connectivity index (χ4v) is 3.99. The average Bonchev–Trinajstić information content (AvgIpc) is 3.47. The molecule has 188 valence electrons. The largest absolute Gasteiger partial charge is 0.573 e. The van der Waals surface area contributed by atoms with E-state index in [2.05, 4.69) is 60.0 Å². The summed E-state index contributed by atoms with van der Waals surface area (Å²) in [5, 5.41) is 8.44. The van der Waals surface area contributed by atoms with Crippen molar-refractivity contribution in [3.05, 3.63) is 59.9 Å². The third kappa shape index (κ3) is 5.48. The zero-order valence-electron chi connectivity index (χ0n) is 19.7. The summed E-state index contributed by atoms with van der Waals surface area (Å²) in [6.45, 7) is 6.43. The number of rotatable bonds is 6. The molecule has 0 bridgehead atoms. The van der Waals surface area contributed by atoms with Crippen molar-refractivity contribution in [1.82, 2.24) is 29.8 Å². The van der Waals surface area contributed by atoms with Crippen LogP contribution in [-0.2, 0) is 6.54 Å². The summed E-state index contributed by atoms with van der Waals surface area (Å²) in [5.41, 5.74) is 2.75. The maximum atomic E-state index is 12.4. The summed E-state index contributed by atoms with van der Waals surface area (Å²) in [5.74, 6) is 0.954. The zero-order chi connectivity index (χ0) is 25.3. The van der Waals surface area contributed by atoms with Gasteiger partial charge in [0.15, 0.2) is 0 Å². The highest BCUT2D eigenvalue weighted by Gasteiger charge is 2.31. The number of hydrogen-bond donors (Lipinski definition) is 0. The van der Waals surface area contributed by atoms with Crippen LogP contribution in [0.15, 0.2) is 53.1 Å². The van der Waals surface area contributed by atoms with Crippen molar-refractivity contribution in [2.24, 2.45) is 0 Å². The summed E-state index contributed by atoms with van der Waals surface area (Å²) in [4.78, 5) is 13.5. The van der Waals surface area contributed by atoms with E-state index in [0.29, 0.717) is 17.9 Å². The first kappa shape index (κ1) is 23.8. The van der Waals surface area contributed by atoms with Crippen LogP contribution in [0.25, 0.3) is 23.1 Å². The minimum atomic E-state index is -4.75. The van der Waals surface area contributed by atoms with Crippen molar-refractivity contribution in [1.29, 1.82) is 0 Å². The van der Waals surface area contributed by atoms with Crippen molar-refractivity contribution < 1.29 is 22.4 Å². The monoisotopic (exact) mass is 499 g/mol. The van der Waals surface area contributed by atoms with E-state index in [0.717, 1.165) is 31.7 Å². The topological polar surface area (TPSA) is 85.3 Å². The smallest absolute Gasteiger partial charge is 0.406 e. The molecule has 0 unspecified atom stereocenters. The summed E-state index contributed by atoms with van der Waals surface area (Å²) in [6.07, 6.45) is -4.75. The maximum Gasteiger partial charge on any atom is 0.573 e. The highest BCUT2D eigenvalue weighted by Crippen LogP contribution is 2.26. The predicted molar refractivity (Wildman–Crippen MR) is 125 cm³/mol. The van der Waals surface area contributed by atoms with Gasteiger partial charge in [-0.05, 0) is 55.9 Å². The van der Waals surface area contributed by atoms with Crippen LogP contribution >= 0.6 is 0 Å². The Morgan fingerprint density at radius 3 is 2.44 bits per heavy atom. The van der Waals surface area contributed by atoms with E-state index in [4.69, 9.17) is 4.52 Å².